The van der Waals surface area contributed by atoms with Gasteiger partial charge in [-0.3, -0.25) is 9.69 Å². The Morgan fingerprint density at radius 2 is 2.31 bits per heavy atom. The van der Waals surface area contributed by atoms with Crippen molar-refractivity contribution in [2.45, 2.75) is 19.4 Å². The number of rotatable bonds is 6. The molecule has 0 bridgehead atoms. The molecule has 1 amide bonds. The molecule has 3 N–H and O–H groups in total. The van der Waals surface area contributed by atoms with Gasteiger partial charge in [0.1, 0.15) is 0 Å². The highest BCUT2D eigenvalue weighted by Crippen LogP contribution is 2.07. The first-order valence-electron chi connectivity index (χ1n) is 5.59. The van der Waals surface area contributed by atoms with Crippen molar-refractivity contribution in [2.75, 3.05) is 39.4 Å². The average molecular weight is 252 g/mol. The zero-order valence-corrected chi connectivity index (χ0v) is 10.6. The van der Waals surface area contributed by atoms with Crippen LogP contribution in [0, 0.1) is 0 Å². The van der Waals surface area contributed by atoms with Crippen LogP contribution in [0.4, 0.5) is 0 Å². The van der Waals surface area contributed by atoms with E-state index in [1.807, 2.05) is 6.92 Å². The minimum atomic E-state index is 0. The maximum Gasteiger partial charge on any atom is 0.237 e. The van der Waals surface area contributed by atoms with Crippen molar-refractivity contribution in [2.24, 2.45) is 5.73 Å². The SMILES string of the molecule is CCC1C(=O)NCCN1CCOCCN.Cl. The van der Waals surface area contributed by atoms with Gasteiger partial charge in [0.25, 0.3) is 0 Å². The van der Waals surface area contributed by atoms with Gasteiger partial charge in [0.15, 0.2) is 0 Å². The first-order valence-corrected chi connectivity index (χ1v) is 5.59. The van der Waals surface area contributed by atoms with E-state index < -0.39 is 0 Å². The summed E-state index contributed by atoms with van der Waals surface area (Å²) in [6.07, 6.45) is 0.850. The van der Waals surface area contributed by atoms with Crippen LogP contribution in [0.15, 0.2) is 0 Å². The van der Waals surface area contributed by atoms with Crippen LogP contribution in [0.3, 0.4) is 0 Å². The third-order valence-electron chi connectivity index (χ3n) is 2.61. The third kappa shape index (κ3) is 4.65. The largest absolute Gasteiger partial charge is 0.379 e. The predicted molar refractivity (Wildman–Crippen MR) is 65.8 cm³/mol. The number of carbonyl (C=O) groups excluding carboxylic acids is 1. The summed E-state index contributed by atoms with van der Waals surface area (Å²) in [5.41, 5.74) is 5.32. The highest BCUT2D eigenvalue weighted by molar-refractivity contribution is 5.85. The van der Waals surface area contributed by atoms with E-state index in [1.54, 1.807) is 0 Å². The molecule has 0 aromatic carbocycles. The maximum atomic E-state index is 11.5. The van der Waals surface area contributed by atoms with Crippen LogP contribution in [0.2, 0.25) is 0 Å². The molecular weight excluding hydrogens is 230 g/mol. The summed E-state index contributed by atoms with van der Waals surface area (Å²) in [7, 11) is 0. The summed E-state index contributed by atoms with van der Waals surface area (Å²) in [4.78, 5) is 13.7. The quantitative estimate of drug-likeness (QED) is 0.630. The number of nitrogens with one attached hydrogen (secondary N) is 1. The smallest absolute Gasteiger partial charge is 0.237 e. The Bertz CT molecular complexity index is 205. The summed E-state index contributed by atoms with van der Waals surface area (Å²) in [6, 6.07) is 0.0141. The Kier molecular flexibility index (Phi) is 8.56. The average Bonchev–Trinajstić information content (AvgIpc) is 2.24. The van der Waals surface area contributed by atoms with E-state index in [0.29, 0.717) is 19.8 Å². The molecule has 16 heavy (non-hydrogen) atoms. The second-order valence-corrected chi connectivity index (χ2v) is 3.65. The lowest BCUT2D eigenvalue weighted by Crippen LogP contribution is -2.55. The third-order valence-corrected chi connectivity index (χ3v) is 2.61. The first kappa shape index (κ1) is 15.6. The second kappa shape index (κ2) is 8.75. The number of piperazine rings is 1. The van der Waals surface area contributed by atoms with Crippen molar-refractivity contribution in [3.63, 3.8) is 0 Å². The molecule has 1 saturated heterocycles. The molecule has 0 aromatic rings. The lowest BCUT2D eigenvalue weighted by atomic mass is 10.1. The van der Waals surface area contributed by atoms with Gasteiger partial charge in [-0.25, -0.2) is 0 Å². The van der Waals surface area contributed by atoms with Gasteiger partial charge in [0.05, 0.1) is 19.3 Å². The minimum absolute atomic E-state index is 0. The first-order chi connectivity index (χ1) is 7.29. The highest BCUT2D eigenvalue weighted by atomic mass is 35.5. The maximum absolute atomic E-state index is 11.5. The van der Waals surface area contributed by atoms with Crippen LogP contribution < -0.4 is 11.1 Å². The Balaban J connectivity index is 0.00000225. The predicted octanol–water partition coefficient (Wildman–Crippen LogP) is -0.406. The van der Waals surface area contributed by atoms with Gasteiger partial charge in [-0.1, -0.05) is 6.92 Å². The number of hydrogen-bond donors (Lipinski definition) is 2. The molecule has 5 nitrogen and oxygen atoms in total. The van der Waals surface area contributed by atoms with Crippen molar-refractivity contribution in [1.82, 2.24) is 10.2 Å². The van der Waals surface area contributed by atoms with Crippen molar-refractivity contribution in [3.8, 4) is 0 Å². The second-order valence-electron chi connectivity index (χ2n) is 3.65. The monoisotopic (exact) mass is 251 g/mol. The standard InChI is InChI=1S/C10H21N3O2.ClH/c1-2-9-10(14)12-4-5-13(9)6-8-15-7-3-11;/h9H,2-8,11H2,1H3,(H,12,14);1H. The number of amides is 1. The van der Waals surface area contributed by atoms with Crippen molar-refractivity contribution in [1.29, 1.82) is 0 Å². The number of nitrogens with zero attached hydrogens (tertiary/aromatic N) is 1. The van der Waals surface area contributed by atoms with E-state index in [-0.39, 0.29) is 24.4 Å². The molecule has 1 aliphatic rings. The highest BCUT2D eigenvalue weighted by Gasteiger charge is 2.27. The molecule has 1 atom stereocenters. The fraction of sp³-hybridized carbons (Fsp3) is 0.900. The molecule has 96 valence electrons. The summed E-state index contributed by atoms with van der Waals surface area (Å²) in [5, 5.41) is 2.87. The number of ether oxygens (including phenoxy) is 1. The van der Waals surface area contributed by atoms with Crippen LogP contribution in [0.1, 0.15) is 13.3 Å². The Morgan fingerprint density at radius 3 is 2.94 bits per heavy atom. The number of carbonyl (C=O) groups is 1. The fourth-order valence-corrected chi connectivity index (χ4v) is 1.84. The molecule has 1 heterocycles. The molecule has 6 heteroatoms. The molecule has 0 aliphatic carbocycles. The van der Waals surface area contributed by atoms with E-state index in [4.69, 9.17) is 10.5 Å². The topological polar surface area (TPSA) is 67.6 Å². The van der Waals surface area contributed by atoms with E-state index in [0.717, 1.165) is 26.1 Å². The zero-order chi connectivity index (χ0) is 11.1. The Morgan fingerprint density at radius 1 is 1.56 bits per heavy atom. The molecule has 0 aromatic heterocycles. The minimum Gasteiger partial charge on any atom is -0.379 e. The van der Waals surface area contributed by atoms with Gasteiger partial charge in [0, 0.05) is 26.2 Å². The van der Waals surface area contributed by atoms with E-state index >= 15 is 0 Å². The van der Waals surface area contributed by atoms with Gasteiger partial charge in [-0.2, -0.15) is 0 Å². The molecule has 0 saturated carbocycles. The van der Waals surface area contributed by atoms with Crippen molar-refractivity contribution >= 4 is 18.3 Å². The molecule has 1 fully saturated rings. The number of nitrogens with two attached hydrogens (primary N) is 1. The Labute approximate surface area is 103 Å². The fourth-order valence-electron chi connectivity index (χ4n) is 1.84. The molecule has 1 unspecified atom stereocenters. The van der Waals surface area contributed by atoms with Crippen molar-refractivity contribution < 1.29 is 9.53 Å². The van der Waals surface area contributed by atoms with Gasteiger partial charge >= 0.3 is 0 Å². The lowest BCUT2D eigenvalue weighted by Gasteiger charge is -2.34. The summed E-state index contributed by atoms with van der Waals surface area (Å²) in [6.45, 7) is 6.30. The summed E-state index contributed by atoms with van der Waals surface area (Å²) >= 11 is 0. The van der Waals surface area contributed by atoms with E-state index in [1.165, 1.54) is 0 Å². The zero-order valence-electron chi connectivity index (χ0n) is 9.78. The molecule has 0 spiro atoms. The van der Waals surface area contributed by atoms with Crippen molar-refractivity contribution in [3.05, 3.63) is 0 Å². The van der Waals surface area contributed by atoms with Gasteiger partial charge < -0.3 is 15.8 Å². The lowest BCUT2D eigenvalue weighted by molar-refractivity contribution is -0.129. The number of halogens is 1. The van der Waals surface area contributed by atoms with Crippen LogP contribution >= 0.6 is 12.4 Å². The van der Waals surface area contributed by atoms with Crippen LogP contribution in [0.25, 0.3) is 0 Å². The number of hydrogen-bond acceptors (Lipinski definition) is 4. The van der Waals surface area contributed by atoms with E-state index in [9.17, 15) is 4.79 Å². The van der Waals surface area contributed by atoms with Gasteiger partial charge in [0.2, 0.25) is 5.91 Å². The van der Waals surface area contributed by atoms with Gasteiger partial charge in [-0.05, 0) is 6.42 Å². The van der Waals surface area contributed by atoms with Crippen LogP contribution in [-0.4, -0.2) is 56.2 Å². The Hall–Kier alpha value is -0.360. The molecule has 1 aliphatic heterocycles. The normalized spacial score (nSPS) is 21.4. The summed E-state index contributed by atoms with van der Waals surface area (Å²) in [5.74, 6) is 0.141. The molecular formula is C10H22ClN3O2. The van der Waals surface area contributed by atoms with E-state index in [2.05, 4.69) is 10.2 Å². The van der Waals surface area contributed by atoms with Gasteiger partial charge in [-0.15, -0.1) is 12.4 Å². The van der Waals surface area contributed by atoms with Crippen LogP contribution in [0.5, 0.6) is 0 Å². The summed E-state index contributed by atoms with van der Waals surface area (Å²) < 4.78 is 5.32. The molecule has 0 radical (unpaired) electrons. The molecule has 1 rings (SSSR count). The van der Waals surface area contributed by atoms with Crippen LogP contribution in [-0.2, 0) is 9.53 Å².